The fourth-order valence-corrected chi connectivity index (χ4v) is 1.37. The third-order valence-electron chi connectivity index (χ3n) is 2.07. The highest BCUT2D eigenvalue weighted by Gasteiger charge is 2.02. The molecule has 78 valence electrons. The molecular weight excluding hydrogens is 190 g/mol. The lowest BCUT2D eigenvalue weighted by Gasteiger charge is -2.08. The van der Waals surface area contributed by atoms with Crippen molar-refractivity contribution >= 4 is 5.69 Å². The van der Waals surface area contributed by atoms with Crippen LogP contribution < -0.4 is 10.5 Å². The standard InChI is InChI=1S/C11H13N3O/c1-2-15-11-8-9(4-5-10(11)12)14-7-3-6-13-14/h3-8H,2,12H2,1H3. The number of ether oxygens (including phenoxy) is 1. The van der Waals surface area contributed by atoms with E-state index in [1.54, 1.807) is 10.9 Å². The smallest absolute Gasteiger partial charge is 0.144 e. The van der Waals surface area contributed by atoms with Gasteiger partial charge in [0.15, 0.2) is 0 Å². The van der Waals surface area contributed by atoms with Crippen LogP contribution >= 0.6 is 0 Å². The number of nitrogens with two attached hydrogens (primary N) is 1. The molecule has 4 heteroatoms. The van der Waals surface area contributed by atoms with Crippen molar-refractivity contribution in [1.82, 2.24) is 9.78 Å². The fraction of sp³-hybridized carbons (Fsp3) is 0.182. The maximum atomic E-state index is 5.77. The van der Waals surface area contributed by atoms with Gasteiger partial charge in [-0.3, -0.25) is 0 Å². The van der Waals surface area contributed by atoms with Crippen LogP contribution in [0.3, 0.4) is 0 Å². The maximum absolute atomic E-state index is 5.77. The molecule has 0 unspecified atom stereocenters. The second kappa shape index (κ2) is 4.04. The predicted octanol–water partition coefficient (Wildman–Crippen LogP) is 1.85. The van der Waals surface area contributed by atoms with E-state index in [2.05, 4.69) is 5.10 Å². The van der Waals surface area contributed by atoms with Gasteiger partial charge >= 0.3 is 0 Å². The van der Waals surface area contributed by atoms with Crippen LogP contribution in [0.2, 0.25) is 0 Å². The van der Waals surface area contributed by atoms with Gasteiger partial charge in [-0.05, 0) is 25.1 Å². The zero-order valence-corrected chi connectivity index (χ0v) is 8.55. The first-order valence-corrected chi connectivity index (χ1v) is 4.83. The molecule has 0 saturated heterocycles. The molecule has 4 nitrogen and oxygen atoms in total. The van der Waals surface area contributed by atoms with Crippen LogP contribution in [-0.4, -0.2) is 16.4 Å². The van der Waals surface area contributed by atoms with E-state index in [1.807, 2.05) is 37.4 Å². The highest BCUT2D eigenvalue weighted by atomic mass is 16.5. The SMILES string of the molecule is CCOc1cc(-n2cccn2)ccc1N. The lowest BCUT2D eigenvalue weighted by molar-refractivity contribution is 0.342. The first-order valence-electron chi connectivity index (χ1n) is 4.83. The third-order valence-corrected chi connectivity index (χ3v) is 2.07. The van der Waals surface area contributed by atoms with Crippen molar-refractivity contribution in [2.24, 2.45) is 0 Å². The Labute approximate surface area is 88.3 Å². The van der Waals surface area contributed by atoms with E-state index in [1.165, 1.54) is 0 Å². The fourth-order valence-electron chi connectivity index (χ4n) is 1.37. The zero-order valence-electron chi connectivity index (χ0n) is 8.55. The number of anilines is 1. The second-order valence-electron chi connectivity index (χ2n) is 3.11. The Morgan fingerprint density at radius 3 is 3.00 bits per heavy atom. The molecule has 0 bridgehead atoms. The summed E-state index contributed by atoms with van der Waals surface area (Å²) >= 11 is 0. The lowest BCUT2D eigenvalue weighted by Crippen LogP contribution is -2.00. The molecule has 0 aliphatic carbocycles. The second-order valence-corrected chi connectivity index (χ2v) is 3.11. The van der Waals surface area contributed by atoms with Crippen LogP contribution in [0.5, 0.6) is 5.75 Å². The number of nitrogens with zero attached hydrogens (tertiary/aromatic N) is 2. The van der Waals surface area contributed by atoms with Crippen molar-refractivity contribution in [2.45, 2.75) is 6.92 Å². The molecule has 2 N–H and O–H groups in total. The van der Waals surface area contributed by atoms with Crippen molar-refractivity contribution in [2.75, 3.05) is 12.3 Å². The first-order chi connectivity index (χ1) is 7.31. The topological polar surface area (TPSA) is 53.1 Å². The Bertz CT molecular complexity index is 437. The summed E-state index contributed by atoms with van der Waals surface area (Å²) in [5.41, 5.74) is 7.36. The van der Waals surface area contributed by atoms with Crippen LogP contribution in [0, 0.1) is 0 Å². The molecule has 0 aliphatic rings. The van der Waals surface area contributed by atoms with Gasteiger partial charge in [0.25, 0.3) is 0 Å². The molecule has 2 aromatic rings. The maximum Gasteiger partial charge on any atom is 0.144 e. The molecule has 1 heterocycles. The van der Waals surface area contributed by atoms with Gasteiger partial charge in [-0.25, -0.2) is 4.68 Å². The molecular formula is C11H13N3O. The summed E-state index contributed by atoms with van der Waals surface area (Å²) in [6, 6.07) is 7.48. The summed E-state index contributed by atoms with van der Waals surface area (Å²) in [6.07, 6.45) is 3.61. The van der Waals surface area contributed by atoms with Crippen LogP contribution in [0.25, 0.3) is 5.69 Å². The third kappa shape index (κ3) is 1.93. The van der Waals surface area contributed by atoms with Gasteiger partial charge in [-0.1, -0.05) is 0 Å². The van der Waals surface area contributed by atoms with Gasteiger partial charge in [0.1, 0.15) is 5.75 Å². The molecule has 0 saturated carbocycles. The van der Waals surface area contributed by atoms with Gasteiger partial charge in [0.2, 0.25) is 0 Å². The van der Waals surface area contributed by atoms with Gasteiger partial charge in [-0.2, -0.15) is 5.10 Å². The normalized spacial score (nSPS) is 10.2. The summed E-state index contributed by atoms with van der Waals surface area (Å²) in [6.45, 7) is 2.53. The van der Waals surface area contributed by atoms with E-state index >= 15 is 0 Å². The lowest BCUT2D eigenvalue weighted by atomic mass is 10.2. The van der Waals surface area contributed by atoms with Crippen molar-refractivity contribution in [3.63, 3.8) is 0 Å². The largest absolute Gasteiger partial charge is 0.492 e. The predicted molar refractivity (Wildman–Crippen MR) is 59.1 cm³/mol. The summed E-state index contributed by atoms with van der Waals surface area (Å²) in [5.74, 6) is 0.700. The minimum Gasteiger partial charge on any atom is -0.492 e. The highest BCUT2D eigenvalue weighted by molar-refractivity contribution is 5.57. The average Bonchev–Trinajstić information content (AvgIpc) is 2.75. The van der Waals surface area contributed by atoms with Gasteiger partial charge in [0.05, 0.1) is 18.0 Å². The molecule has 15 heavy (non-hydrogen) atoms. The van der Waals surface area contributed by atoms with Gasteiger partial charge in [0, 0.05) is 18.5 Å². The molecule has 0 fully saturated rings. The quantitative estimate of drug-likeness (QED) is 0.774. The Morgan fingerprint density at radius 1 is 1.47 bits per heavy atom. The van der Waals surface area contributed by atoms with E-state index in [4.69, 9.17) is 10.5 Å². The van der Waals surface area contributed by atoms with Crippen molar-refractivity contribution < 1.29 is 4.74 Å². The van der Waals surface area contributed by atoms with Crippen LogP contribution in [-0.2, 0) is 0 Å². The van der Waals surface area contributed by atoms with E-state index in [0.717, 1.165) is 5.69 Å². The minimum absolute atomic E-state index is 0.604. The molecule has 0 spiro atoms. The molecule has 1 aromatic carbocycles. The van der Waals surface area contributed by atoms with E-state index in [0.29, 0.717) is 18.0 Å². The molecule has 0 amide bonds. The van der Waals surface area contributed by atoms with Crippen molar-refractivity contribution in [3.05, 3.63) is 36.7 Å². The Kier molecular flexibility index (Phi) is 2.58. The summed E-state index contributed by atoms with van der Waals surface area (Å²) in [7, 11) is 0. The Balaban J connectivity index is 2.38. The Morgan fingerprint density at radius 2 is 2.33 bits per heavy atom. The van der Waals surface area contributed by atoms with Crippen LogP contribution in [0.15, 0.2) is 36.7 Å². The van der Waals surface area contributed by atoms with Gasteiger partial charge < -0.3 is 10.5 Å². The summed E-state index contributed by atoms with van der Waals surface area (Å²) < 4.78 is 7.18. The number of benzene rings is 1. The minimum atomic E-state index is 0.604. The summed E-state index contributed by atoms with van der Waals surface area (Å²) in [4.78, 5) is 0. The average molecular weight is 203 g/mol. The number of nitrogen functional groups attached to an aromatic ring is 1. The summed E-state index contributed by atoms with van der Waals surface area (Å²) in [5, 5.41) is 4.14. The number of rotatable bonds is 3. The van der Waals surface area contributed by atoms with E-state index in [9.17, 15) is 0 Å². The van der Waals surface area contributed by atoms with E-state index < -0.39 is 0 Å². The molecule has 0 aliphatic heterocycles. The van der Waals surface area contributed by atoms with Crippen molar-refractivity contribution in [1.29, 1.82) is 0 Å². The highest BCUT2D eigenvalue weighted by Crippen LogP contribution is 2.24. The molecule has 1 aromatic heterocycles. The number of aromatic nitrogens is 2. The number of hydrogen-bond donors (Lipinski definition) is 1. The molecule has 0 radical (unpaired) electrons. The van der Waals surface area contributed by atoms with E-state index in [-0.39, 0.29) is 0 Å². The van der Waals surface area contributed by atoms with Gasteiger partial charge in [-0.15, -0.1) is 0 Å². The van der Waals surface area contributed by atoms with Crippen LogP contribution in [0.4, 0.5) is 5.69 Å². The Hall–Kier alpha value is -1.97. The van der Waals surface area contributed by atoms with Crippen molar-refractivity contribution in [3.8, 4) is 11.4 Å². The molecule has 2 rings (SSSR count). The van der Waals surface area contributed by atoms with Crippen LogP contribution in [0.1, 0.15) is 6.92 Å². The zero-order chi connectivity index (χ0) is 10.7. The molecule has 0 atom stereocenters. The number of hydrogen-bond acceptors (Lipinski definition) is 3. The monoisotopic (exact) mass is 203 g/mol. The first kappa shape index (κ1) is 9.58.